The van der Waals surface area contributed by atoms with E-state index in [0.29, 0.717) is 11.5 Å². The molecule has 1 atom stereocenters. The monoisotopic (exact) mass is 356 g/mol. The van der Waals surface area contributed by atoms with Crippen molar-refractivity contribution in [2.45, 2.75) is 71.8 Å². The van der Waals surface area contributed by atoms with Gasteiger partial charge in [-0.15, -0.1) is 0 Å². The lowest BCUT2D eigenvalue weighted by atomic mass is 9.47. The third kappa shape index (κ3) is 3.45. The molecule has 0 saturated heterocycles. The minimum absolute atomic E-state index is 0.498. The molecule has 4 fully saturated rings. The van der Waals surface area contributed by atoms with Gasteiger partial charge in [0.1, 0.15) is 0 Å². The van der Waals surface area contributed by atoms with Crippen molar-refractivity contribution >= 4 is 23.0 Å². The van der Waals surface area contributed by atoms with Crippen molar-refractivity contribution in [1.82, 2.24) is 5.32 Å². The molecule has 25 heavy (non-hydrogen) atoms. The summed E-state index contributed by atoms with van der Waals surface area (Å²) in [5.74, 6) is 2.97. The highest BCUT2D eigenvalue weighted by Gasteiger charge is 2.53. The van der Waals surface area contributed by atoms with Crippen LogP contribution in [0.5, 0.6) is 0 Å². The van der Waals surface area contributed by atoms with Crippen molar-refractivity contribution in [2.24, 2.45) is 23.2 Å². The number of nitrogens with one attached hydrogen (secondary N) is 2. The van der Waals surface area contributed by atoms with Crippen LogP contribution in [0.2, 0.25) is 0 Å². The molecule has 3 heteroatoms. The van der Waals surface area contributed by atoms with E-state index in [2.05, 4.69) is 49.6 Å². The fourth-order valence-electron chi connectivity index (χ4n) is 6.66. The van der Waals surface area contributed by atoms with Crippen LogP contribution < -0.4 is 10.6 Å². The molecule has 1 aromatic rings. The molecule has 0 radical (unpaired) electrons. The molecule has 136 valence electrons. The van der Waals surface area contributed by atoms with Crippen molar-refractivity contribution in [1.29, 1.82) is 0 Å². The largest absolute Gasteiger partial charge is 0.359 e. The normalized spacial score (nSPS) is 34.0. The van der Waals surface area contributed by atoms with Gasteiger partial charge in [-0.1, -0.05) is 13.0 Å². The van der Waals surface area contributed by atoms with Gasteiger partial charge in [-0.25, -0.2) is 0 Å². The maximum absolute atomic E-state index is 5.70. The molecule has 5 rings (SSSR count). The smallest absolute Gasteiger partial charge is 0.171 e. The zero-order valence-electron chi connectivity index (χ0n) is 15.9. The highest BCUT2D eigenvalue weighted by molar-refractivity contribution is 7.80. The minimum atomic E-state index is 0.498. The van der Waals surface area contributed by atoms with E-state index in [1.807, 2.05) is 0 Å². The molecule has 2 nitrogen and oxygen atoms in total. The van der Waals surface area contributed by atoms with Gasteiger partial charge in [0.05, 0.1) is 0 Å². The standard InChI is InChI=1S/C22H32N2S/c1-4-20(22-11-16-8-17(12-22)10-18(9-16)13-22)24-21(25)23-19-6-14(2)5-15(3)7-19/h5-7,16-18,20H,4,8-13H2,1-3H3,(H2,23,24,25). The SMILES string of the molecule is CCC(NC(=S)Nc1cc(C)cc(C)c1)C12CC3CC(CC(C3)C1)C2. The Bertz CT molecular complexity index is 610. The second-order valence-corrected chi connectivity index (χ2v) is 9.62. The third-order valence-corrected chi connectivity index (χ3v) is 7.24. The van der Waals surface area contributed by atoms with Gasteiger partial charge >= 0.3 is 0 Å². The zero-order valence-corrected chi connectivity index (χ0v) is 16.7. The van der Waals surface area contributed by atoms with E-state index >= 15 is 0 Å². The topological polar surface area (TPSA) is 24.1 Å². The van der Waals surface area contributed by atoms with Crippen LogP contribution in [0.4, 0.5) is 5.69 Å². The average molecular weight is 357 g/mol. The van der Waals surface area contributed by atoms with Crippen LogP contribution >= 0.6 is 12.2 Å². The molecule has 4 saturated carbocycles. The Hall–Kier alpha value is -1.09. The second-order valence-electron chi connectivity index (χ2n) is 9.22. The van der Waals surface area contributed by atoms with Gasteiger partial charge in [0.25, 0.3) is 0 Å². The molecule has 1 aromatic carbocycles. The van der Waals surface area contributed by atoms with Crippen LogP contribution in [0.25, 0.3) is 0 Å². The number of aryl methyl sites for hydroxylation is 2. The van der Waals surface area contributed by atoms with E-state index in [-0.39, 0.29) is 0 Å². The van der Waals surface area contributed by atoms with E-state index in [1.165, 1.54) is 56.1 Å². The lowest BCUT2D eigenvalue weighted by Gasteiger charge is -2.59. The first-order chi connectivity index (χ1) is 12.0. The van der Waals surface area contributed by atoms with Crippen LogP contribution in [-0.2, 0) is 0 Å². The van der Waals surface area contributed by atoms with Gasteiger partial charge in [-0.2, -0.15) is 0 Å². The van der Waals surface area contributed by atoms with E-state index in [0.717, 1.165) is 28.6 Å². The molecular formula is C22H32N2S. The number of benzene rings is 1. The van der Waals surface area contributed by atoms with Crippen LogP contribution in [0.15, 0.2) is 18.2 Å². The summed E-state index contributed by atoms with van der Waals surface area (Å²) < 4.78 is 0. The van der Waals surface area contributed by atoms with E-state index in [9.17, 15) is 0 Å². The van der Waals surface area contributed by atoms with Crippen molar-refractivity contribution in [3.05, 3.63) is 29.3 Å². The second kappa shape index (κ2) is 6.57. The summed E-state index contributed by atoms with van der Waals surface area (Å²) in [5, 5.41) is 7.97. The molecule has 1 unspecified atom stereocenters. The number of anilines is 1. The maximum atomic E-state index is 5.70. The summed E-state index contributed by atoms with van der Waals surface area (Å²) in [6.07, 6.45) is 9.95. The Kier molecular flexibility index (Phi) is 4.56. The zero-order chi connectivity index (χ0) is 17.6. The van der Waals surface area contributed by atoms with Gasteiger partial charge < -0.3 is 10.6 Å². The molecular weight excluding hydrogens is 324 g/mol. The lowest BCUT2D eigenvalue weighted by Crippen LogP contribution is -2.57. The number of rotatable bonds is 4. The fourth-order valence-corrected chi connectivity index (χ4v) is 6.92. The quantitative estimate of drug-likeness (QED) is 0.688. The average Bonchev–Trinajstić information content (AvgIpc) is 2.50. The molecule has 4 aliphatic rings. The number of hydrogen-bond acceptors (Lipinski definition) is 1. The molecule has 2 N–H and O–H groups in total. The number of hydrogen-bond donors (Lipinski definition) is 2. The Morgan fingerprint density at radius 3 is 2.04 bits per heavy atom. The molecule has 0 spiro atoms. The summed E-state index contributed by atoms with van der Waals surface area (Å²) in [4.78, 5) is 0. The highest BCUT2D eigenvalue weighted by Crippen LogP contribution is 2.61. The van der Waals surface area contributed by atoms with Crippen molar-refractivity contribution in [3.63, 3.8) is 0 Å². The molecule has 4 aliphatic carbocycles. The van der Waals surface area contributed by atoms with E-state index < -0.39 is 0 Å². The number of thiocarbonyl (C=S) groups is 1. The van der Waals surface area contributed by atoms with Crippen molar-refractivity contribution in [2.75, 3.05) is 5.32 Å². The summed E-state index contributed by atoms with van der Waals surface area (Å²) in [6, 6.07) is 7.07. The summed E-state index contributed by atoms with van der Waals surface area (Å²) in [5.41, 5.74) is 4.16. The minimum Gasteiger partial charge on any atom is -0.359 e. The predicted octanol–water partition coefficient (Wildman–Crippen LogP) is 5.58. The van der Waals surface area contributed by atoms with Crippen LogP contribution in [-0.4, -0.2) is 11.2 Å². The molecule has 0 aliphatic heterocycles. The third-order valence-electron chi connectivity index (χ3n) is 7.02. The van der Waals surface area contributed by atoms with Gasteiger partial charge in [-0.05, 0) is 117 Å². The Morgan fingerprint density at radius 2 is 1.56 bits per heavy atom. The molecule has 0 heterocycles. The molecule has 0 amide bonds. The lowest BCUT2D eigenvalue weighted by molar-refractivity contribution is -0.0709. The Labute approximate surface area is 158 Å². The van der Waals surface area contributed by atoms with E-state index in [1.54, 1.807) is 0 Å². The van der Waals surface area contributed by atoms with Crippen molar-refractivity contribution in [3.8, 4) is 0 Å². The molecule has 4 bridgehead atoms. The van der Waals surface area contributed by atoms with Crippen molar-refractivity contribution < 1.29 is 0 Å². The van der Waals surface area contributed by atoms with Crippen LogP contribution in [0, 0.1) is 37.0 Å². The Morgan fingerprint density at radius 1 is 1.04 bits per heavy atom. The van der Waals surface area contributed by atoms with Gasteiger partial charge in [0, 0.05) is 11.7 Å². The van der Waals surface area contributed by atoms with Gasteiger partial charge in [-0.3, -0.25) is 0 Å². The Balaban J connectivity index is 1.46. The van der Waals surface area contributed by atoms with E-state index in [4.69, 9.17) is 12.2 Å². The molecule has 0 aromatic heterocycles. The predicted molar refractivity (Wildman–Crippen MR) is 110 cm³/mol. The highest BCUT2D eigenvalue weighted by atomic mass is 32.1. The van der Waals surface area contributed by atoms with Gasteiger partial charge in [0.2, 0.25) is 0 Å². The van der Waals surface area contributed by atoms with Crippen LogP contribution in [0.3, 0.4) is 0 Å². The van der Waals surface area contributed by atoms with Crippen LogP contribution in [0.1, 0.15) is 63.0 Å². The first kappa shape index (κ1) is 17.3. The summed E-state index contributed by atoms with van der Waals surface area (Å²) >= 11 is 5.70. The fraction of sp³-hybridized carbons (Fsp3) is 0.682. The summed E-state index contributed by atoms with van der Waals surface area (Å²) in [6.45, 7) is 6.60. The first-order valence-electron chi connectivity index (χ1n) is 10.1. The van der Waals surface area contributed by atoms with Gasteiger partial charge in [0.15, 0.2) is 5.11 Å². The maximum Gasteiger partial charge on any atom is 0.171 e. The summed E-state index contributed by atoms with van der Waals surface area (Å²) in [7, 11) is 0. The first-order valence-corrected chi connectivity index (χ1v) is 10.5.